The molecule has 0 aliphatic carbocycles. The van der Waals surface area contributed by atoms with Gasteiger partial charge in [-0.3, -0.25) is 4.79 Å². The zero-order valence-corrected chi connectivity index (χ0v) is 15.1. The van der Waals surface area contributed by atoms with Crippen molar-refractivity contribution >= 4 is 22.4 Å². The van der Waals surface area contributed by atoms with Gasteiger partial charge in [0.1, 0.15) is 12.4 Å². The van der Waals surface area contributed by atoms with Crippen LogP contribution in [0.1, 0.15) is 12.8 Å². The van der Waals surface area contributed by atoms with Crippen molar-refractivity contribution in [3.8, 4) is 17.0 Å². The predicted octanol–water partition coefficient (Wildman–Crippen LogP) is 2.77. The maximum Gasteiger partial charge on any atom is 0.230 e. The molecule has 0 spiro atoms. The van der Waals surface area contributed by atoms with E-state index in [1.165, 1.54) is 11.3 Å². The van der Waals surface area contributed by atoms with E-state index in [9.17, 15) is 4.79 Å². The monoisotopic (exact) mass is 361 g/mol. The molecule has 25 heavy (non-hydrogen) atoms. The number of anilines is 1. The number of hydrogen-bond acceptors (Lipinski definition) is 6. The molecule has 1 amide bonds. The van der Waals surface area contributed by atoms with Gasteiger partial charge in [-0.25, -0.2) is 4.98 Å². The maximum absolute atomic E-state index is 12.3. The molecule has 1 atom stereocenters. The van der Waals surface area contributed by atoms with Gasteiger partial charge in [-0.2, -0.15) is 0 Å². The zero-order valence-electron chi connectivity index (χ0n) is 14.3. The summed E-state index contributed by atoms with van der Waals surface area (Å²) in [6, 6.07) is 7.76. The number of nitrogens with zero attached hydrogens (tertiary/aromatic N) is 1. The standard InChI is InChI=1S/C18H23N3O3S/c1-23-9-10-24-15-6-4-13(5-7-15)16-12-25-18(20-16)21-17(22)14-3-2-8-19-11-14/h4-7,12,14,19H,2-3,8-11H2,1H3,(H,20,21,22). The van der Waals surface area contributed by atoms with Crippen molar-refractivity contribution in [3.05, 3.63) is 29.6 Å². The Morgan fingerprint density at radius 1 is 1.36 bits per heavy atom. The van der Waals surface area contributed by atoms with E-state index in [-0.39, 0.29) is 11.8 Å². The maximum atomic E-state index is 12.3. The predicted molar refractivity (Wildman–Crippen MR) is 99.1 cm³/mol. The van der Waals surface area contributed by atoms with E-state index < -0.39 is 0 Å². The topological polar surface area (TPSA) is 72.5 Å². The summed E-state index contributed by atoms with van der Waals surface area (Å²) in [6.07, 6.45) is 1.97. The molecule has 0 saturated carbocycles. The summed E-state index contributed by atoms with van der Waals surface area (Å²) in [5, 5.41) is 8.79. The largest absolute Gasteiger partial charge is 0.491 e. The van der Waals surface area contributed by atoms with Crippen molar-refractivity contribution in [2.75, 3.05) is 38.7 Å². The van der Waals surface area contributed by atoms with Gasteiger partial charge in [0, 0.05) is 24.6 Å². The van der Waals surface area contributed by atoms with Crippen LogP contribution < -0.4 is 15.4 Å². The molecule has 3 rings (SSSR count). The van der Waals surface area contributed by atoms with Crippen LogP contribution in [0.25, 0.3) is 11.3 Å². The number of benzene rings is 1. The van der Waals surface area contributed by atoms with Gasteiger partial charge in [-0.1, -0.05) is 0 Å². The third-order valence-electron chi connectivity index (χ3n) is 4.11. The highest BCUT2D eigenvalue weighted by Gasteiger charge is 2.21. The van der Waals surface area contributed by atoms with Crippen LogP contribution in [0.15, 0.2) is 29.6 Å². The first-order valence-electron chi connectivity index (χ1n) is 8.45. The van der Waals surface area contributed by atoms with E-state index >= 15 is 0 Å². The van der Waals surface area contributed by atoms with Gasteiger partial charge in [0.25, 0.3) is 0 Å². The molecule has 2 aromatic rings. The number of hydrogen-bond donors (Lipinski definition) is 2. The number of amides is 1. The number of rotatable bonds is 7. The molecule has 134 valence electrons. The highest BCUT2D eigenvalue weighted by Crippen LogP contribution is 2.27. The quantitative estimate of drug-likeness (QED) is 0.742. The Morgan fingerprint density at radius 3 is 2.92 bits per heavy atom. The smallest absolute Gasteiger partial charge is 0.230 e. The Balaban J connectivity index is 1.58. The van der Waals surface area contributed by atoms with E-state index in [1.54, 1.807) is 7.11 Å². The lowest BCUT2D eigenvalue weighted by Crippen LogP contribution is -2.37. The minimum Gasteiger partial charge on any atom is -0.491 e. The number of thiazole rings is 1. The van der Waals surface area contributed by atoms with Gasteiger partial charge < -0.3 is 20.1 Å². The Bertz CT molecular complexity index is 681. The highest BCUT2D eigenvalue weighted by atomic mass is 32.1. The molecule has 1 saturated heterocycles. The van der Waals surface area contributed by atoms with Crippen molar-refractivity contribution in [2.24, 2.45) is 5.92 Å². The number of ether oxygens (including phenoxy) is 2. The van der Waals surface area contributed by atoms with Crippen molar-refractivity contribution in [1.82, 2.24) is 10.3 Å². The average molecular weight is 361 g/mol. The third-order valence-corrected chi connectivity index (χ3v) is 4.87. The van der Waals surface area contributed by atoms with E-state index in [0.29, 0.717) is 18.3 Å². The van der Waals surface area contributed by atoms with E-state index in [1.807, 2.05) is 29.6 Å². The molecule has 2 N–H and O–H groups in total. The van der Waals surface area contributed by atoms with E-state index in [4.69, 9.17) is 9.47 Å². The molecule has 1 aliphatic rings. The fourth-order valence-electron chi connectivity index (χ4n) is 2.71. The molecule has 1 fully saturated rings. The second kappa shape index (κ2) is 8.94. The van der Waals surface area contributed by atoms with Crippen molar-refractivity contribution in [2.45, 2.75) is 12.8 Å². The molecular formula is C18H23N3O3S. The summed E-state index contributed by atoms with van der Waals surface area (Å²) >= 11 is 1.45. The SMILES string of the molecule is COCCOc1ccc(-c2csc(NC(=O)C3CCCNC3)n2)cc1. The third kappa shape index (κ3) is 5.01. The molecule has 6 nitrogen and oxygen atoms in total. The van der Waals surface area contributed by atoms with Gasteiger partial charge >= 0.3 is 0 Å². The lowest BCUT2D eigenvalue weighted by molar-refractivity contribution is -0.120. The molecule has 1 unspecified atom stereocenters. The minimum absolute atomic E-state index is 0.0321. The lowest BCUT2D eigenvalue weighted by Gasteiger charge is -2.21. The molecular weight excluding hydrogens is 338 g/mol. The van der Waals surface area contributed by atoms with Crippen molar-refractivity contribution in [3.63, 3.8) is 0 Å². The number of piperidine rings is 1. The van der Waals surface area contributed by atoms with E-state index in [2.05, 4.69) is 15.6 Å². The summed E-state index contributed by atoms with van der Waals surface area (Å²) in [5.74, 6) is 0.883. The van der Waals surface area contributed by atoms with Crippen LogP contribution in [0.3, 0.4) is 0 Å². The van der Waals surface area contributed by atoms with Gasteiger partial charge in [-0.05, 0) is 43.7 Å². The molecule has 7 heteroatoms. The Hall–Kier alpha value is -1.96. The summed E-state index contributed by atoms with van der Waals surface area (Å²) in [5.41, 5.74) is 1.85. The van der Waals surface area contributed by atoms with Crippen LogP contribution >= 0.6 is 11.3 Å². The fraction of sp³-hybridized carbons (Fsp3) is 0.444. The van der Waals surface area contributed by atoms with Crippen LogP contribution in [-0.4, -0.2) is 44.3 Å². The average Bonchev–Trinajstić information content (AvgIpc) is 3.12. The van der Waals surface area contributed by atoms with Crippen LogP contribution in [0, 0.1) is 5.92 Å². The van der Waals surface area contributed by atoms with Crippen molar-refractivity contribution in [1.29, 1.82) is 0 Å². The van der Waals surface area contributed by atoms with Crippen LogP contribution in [0.2, 0.25) is 0 Å². The summed E-state index contributed by atoms with van der Waals surface area (Å²) < 4.78 is 10.5. The first kappa shape index (κ1) is 17.8. The van der Waals surface area contributed by atoms with E-state index in [0.717, 1.165) is 42.9 Å². The Morgan fingerprint density at radius 2 is 2.20 bits per heavy atom. The minimum atomic E-state index is 0.0321. The number of methoxy groups -OCH3 is 1. The second-order valence-corrected chi connectivity index (χ2v) is 6.79. The van der Waals surface area contributed by atoms with Gasteiger partial charge in [0.2, 0.25) is 5.91 Å². The van der Waals surface area contributed by atoms with Gasteiger partial charge in [0.15, 0.2) is 5.13 Å². The number of carbonyl (C=O) groups is 1. The van der Waals surface area contributed by atoms with Gasteiger partial charge in [0.05, 0.1) is 18.2 Å². The number of aromatic nitrogens is 1. The number of nitrogens with one attached hydrogen (secondary N) is 2. The summed E-state index contributed by atoms with van der Waals surface area (Å²) in [7, 11) is 1.65. The fourth-order valence-corrected chi connectivity index (χ4v) is 3.43. The van der Waals surface area contributed by atoms with Crippen LogP contribution in [0.5, 0.6) is 5.75 Å². The molecule has 2 heterocycles. The zero-order chi connectivity index (χ0) is 17.5. The number of carbonyl (C=O) groups excluding carboxylic acids is 1. The summed E-state index contributed by atoms with van der Waals surface area (Å²) in [4.78, 5) is 16.8. The first-order chi connectivity index (χ1) is 12.3. The first-order valence-corrected chi connectivity index (χ1v) is 9.33. The Labute approximate surface area is 151 Å². The highest BCUT2D eigenvalue weighted by molar-refractivity contribution is 7.14. The molecule has 1 aliphatic heterocycles. The van der Waals surface area contributed by atoms with Gasteiger partial charge in [-0.15, -0.1) is 11.3 Å². The molecule has 1 aromatic carbocycles. The molecule has 0 bridgehead atoms. The van der Waals surface area contributed by atoms with Crippen LogP contribution in [0.4, 0.5) is 5.13 Å². The normalized spacial score (nSPS) is 17.2. The lowest BCUT2D eigenvalue weighted by atomic mass is 9.99. The summed E-state index contributed by atoms with van der Waals surface area (Å²) in [6.45, 7) is 2.83. The van der Waals surface area contributed by atoms with Crippen LogP contribution in [-0.2, 0) is 9.53 Å². The van der Waals surface area contributed by atoms with Crippen molar-refractivity contribution < 1.29 is 14.3 Å². The second-order valence-electron chi connectivity index (χ2n) is 5.94. The molecule has 0 radical (unpaired) electrons. The molecule has 1 aromatic heterocycles. The Kier molecular flexibility index (Phi) is 6.38.